The lowest BCUT2D eigenvalue weighted by Gasteiger charge is -2.21. The van der Waals surface area contributed by atoms with Crippen molar-refractivity contribution >= 4 is 22.9 Å². The highest BCUT2D eigenvalue weighted by Gasteiger charge is 2.14. The number of nitrogens with zero attached hydrogens (tertiary/aromatic N) is 3. The van der Waals surface area contributed by atoms with E-state index in [1.807, 2.05) is 56.7 Å². The molecule has 1 heterocycles. The third kappa shape index (κ3) is 4.71. The fourth-order valence-electron chi connectivity index (χ4n) is 2.36. The third-order valence-corrected chi connectivity index (χ3v) is 3.45. The zero-order valence-electron chi connectivity index (χ0n) is 15.0. The summed E-state index contributed by atoms with van der Waals surface area (Å²) < 4.78 is 2.04. The maximum absolute atomic E-state index is 11.9. The van der Waals surface area contributed by atoms with E-state index in [1.54, 1.807) is 7.05 Å². The van der Waals surface area contributed by atoms with Crippen LogP contribution in [0.2, 0.25) is 0 Å². The smallest absolute Gasteiger partial charge is 0.239 e. The number of imidazole rings is 1. The number of hydrogen-bond acceptors (Lipinski definition) is 3. The van der Waals surface area contributed by atoms with Crippen LogP contribution in [0.5, 0.6) is 0 Å². The molecule has 2 rings (SSSR count). The molecular weight excluding hydrogens is 304 g/mol. The van der Waals surface area contributed by atoms with Crippen molar-refractivity contribution in [3.8, 4) is 0 Å². The maximum atomic E-state index is 11.9. The van der Waals surface area contributed by atoms with Gasteiger partial charge < -0.3 is 20.5 Å². The molecule has 0 fully saturated rings. The Morgan fingerprint density at radius 3 is 2.58 bits per heavy atom. The quantitative estimate of drug-likeness (QED) is 0.580. The Bertz CT molecular complexity index is 741. The molecule has 2 aromatic rings. The summed E-state index contributed by atoms with van der Waals surface area (Å²) in [7, 11) is 3.66. The highest BCUT2D eigenvalue weighted by Crippen LogP contribution is 2.13. The van der Waals surface area contributed by atoms with Crippen molar-refractivity contribution in [1.29, 1.82) is 0 Å². The third-order valence-electron chi connectivity index (χ3n) is 3.45. The second-order valence-corrected chi connectivity index (χ2v) is 6.65. The Morgan fingerprint density at radius 1 is 1.25 bits per heavy atom. The second-order valence-electron chi connectivity index (χ2n) is 6.65. The van der Waals surface area contributed by atoms with Crippen LogP contribution < -0.4 is 16.0 Å². The van der Waals surface area contributed by atoms with Crippen LogP contribution in [0, 0.1) is 0 Å². The lowest BCUT2D eigenvalue weighted by Crippen LogP contribution is -2.48. The van der Waals surface area contributed by atoms with Gasteiger partial charge in [-0.3, -0.25) is 9.79 Å². The first-order chi connectivity index (χ1) is 11.3. The molecule has 0 spiro atoms. The molecule has 0 saturated heterocycles. The Kier molecular flexibility index (Phi) is 5.43. The number of nitrogens with one attached hydrogen (secondary N) is 3. The Balaban J connectivity index is 1.91. The predicted molar refractivity (Wildman–Crippen MR) is 96.8 cm³/mol. The molecule has 0 aliphatic carbocycles. The summed E-state index contributed by atoms with van der Waals surface area (Å²) in [5, 5.41) is 9.08. The molecule has 1 amide bonds. The van der Waals surface area contributed by atoms with Crippen molar-refractivity contribution < 1.29 is 4.79 Å². The number of benzene rings is 1. The number of rotatable bonds is 4. The highest BCUT2D eigenvalue weighted by atomic mass is 16.2. The molecule has 0 atom stereocenters. The number of aryl methyl sites for hydroxylation is 1. The van der Waals surface area contributed by atoms with Crippen molar-refractivity contribution in [2.75, 3.05) is 13.6 Å². The van der Waals surface area contributed by atoms with Crippen molar-refractivity contribution in [1.82, 2.24) is 25.5 Å². The topological polar surface area (TPSA) is 83.3 Å². The summed E-state index contributed by atoms with van der Waals surface area (Å²) in [5.74, 6) is 1.39. The van der Waals surface area contributed by atoms with Crippen molar-refractivity contribution in [3.63, 3.8) is 0 Å². The first-order valence-electron chi connectivity index (χ1n) is 7.96. The monoisotopic (exact) mass is 330 g/mol. The van der Waals surface area contributed by atoms with Crippen LogP contribution in [0.4, 0.5) is 0 Å². The first kappa shape index (κ1) is 17.8. The summed E-state index contributed by atoms with van der Waals surface area (Å²) in [6.07, 6.45) is 0. The summed E-state index contributed by atoms with van der Waals surface area (Å²) in [6.45, 7) is 6.53. The largest absolute Gasteiger partial charge is 0.350 e. The summed E-state index contributed by atoms with van der Waals surface area (Å²) in [5.41, 5.74) is 1.80. The van der Waals surface area contributed by atoms with Crippen LogP contribution in [-0.2, 0) is 18.4 Å². The van der Waals surface area contributed by atoms with Gasteiger partial charge in [-0.15, -0.1) is 0 Å². The van der Waals surface area contributed by atoms with Crippen LogP contribution in [0.3, 0.4) is 0 Å². The van der Waals surface area contributed by atoms with Crippen LogP contribution in [-0.4, -0.2) is 40.5 Å². The average Bonchev–Trinajstić information content (AvgIpc) is 2.83. The van der Waals surface area contributed by atoms with E-state index in [4.69, 9.17) is 0 Å². The Labute approximate surface area is 142 Å². The molecule has 0 bridgehead atoms. The zero-order chi connectivity index (χ0) is 17.7. The number of carbonyl (C=O) groups is 1. The molecule has 7 nitrogen and oxygen atoms in total. The molecule has 24 heavy (non-hydrogen) atoms. The van der Waals surface area contributed by atoms with Gasteiger partial charge in [0.1, 0.15) is 5.82 Å². The van der Waals surface area contributed by atoms with Crippen LogP contribution in [0.25, 0.3) is 11.0 Å². The van der Waals surface area contributed by atoms with Gasteiger partial charge in [-0.25, -0.2) is 4.98 Å². The molecule has 130 valence electrons. The lowest BCUT2D eigenvalue weighted by molar-refractivity contribution is -0.121. The van der Waals surface area contributed by atoms with Crippen LogP contribution in [0.1, 0.15) is 26.6 Å². The minimum absolute atomic E-state index is 0.0758. The normalized spacial score (nSPS) is 12.3. The van der Waals surface area contributed by atoms with E-state index in [1.165, 1.54) is 0 Å². The van der Waals surface area contributed by atoms with E-state index >= 15 is 0 Å². The molecular formula is C17H26N6O. The molecule has 0 unspecified atom stereocenters. The van der Waals surface area contributed by atoms with E-state index in [0.29, 0.717) is 12.5 Å². The first-order valence-corrected chi connectivity index (χ1v) is 7.96. The maximum Gasteiger partial charge on any atom is 0.239 e. The molecule has 3 N–H and O–H groups in total. The van der Waals surface area contributed by atoms with E-state index in [9.17, 15) is 4.79 Å². The van der Waals surface area contributed by atoms with E-state index in [0.717, 1.165) is 16.9 Å². The van der Waals surface area contributed by atoms with Gasteiger partial charge >= 0.3 is 0 Å². The van der Waals surface area contributed by atoms with Crippen molar-refractivity contribution in [2.45, 2.75) is 32.9 Å². The SMILES string of the molecule is CN=C(NCC(=O)NC(C)(C)C)NCc1nc2ccccc2n1C. The van der Waals surface area contributed by atoms with Gasteiger partial charge in [0.15, 0.2) is 5.96 Å². The molecule has 0 radical (unpaired) electrons. The number of carbonyl (C=O) groups excluding carboxylic acids is 1. The molecule has 0 aliphatic heterocycles. The zero-order valence-corrected chi connectivity index (χ0v) is 15.0. The number of hydrogen-bond donors (Lipinski definition) is 3. The molecule has 0 aliphatic rings. The van der Waals surface area contributed by atoms with E-state index in [2.05, 4.69) is 25.9 Å². The molecule has 1 aromatic carbocycles. The van der Waals surface area contributed by atoms with Crippen molar-refractivity contribution in [2.24, 2.45) is 12.0 Å². The minimum atomic E-state index is -0.247. The predicted octanol–water partition coefficient (Wildman–Crippen LogP) is 1.15. The van der Waals surface area contributed by atoms with E-state index in [-0.39, 0.29) is 18.0 Å². The van der Waals surface area contributed by atoms with Crippen LogP contribution in [0.15, 0.2) is 29.3 Å². The fraction of sp³-hybridized carbons (Fsp3) is 0.471. The Morgan fingerprint density at radius 2 is 1.96 bits per heavy atom. The number of aliphatic imine (C=N–C) groups is 1. The molecule has 1 aromatic heterocycles. The summed E-state index contributed by atoms with van der Waals surface area (Å²) >= 11 is 0. The second kappa shape index (κ2) is 7.33. The van der Waals surface area contributed by atoms with E-state index < -0.39 is 0 Å². The molecule has 7 heteroatoms. The van der Waals surface area contributed by atoms with Crippen LogP contribution >= 0.6 is 0 Å². The number of aromatic nitrogens is 2. The summed E-state index contributed by atoms with van der Waals surface area (Å²) in [4.78, 5) is 20.6. The number of guanidine groups is 1. The van der Waals surface area contributed by atoms with Gasteiger partial charge in [-0.1, -0.05) is 12.1 Å². The molecule has 0 saturated carbocycles. The van der Waals surface area contributed by atoms with Gasteiger partial charge in [0, 0.05) is 19.6 Å². The number of fused-ring (bicyclic) bond motifs is 1. The Hall–Kier alpha value is -2.57. The lowest BCUT2D eigenvalue weighted by atomic mass is 10.1. The fourth-order valence-corrected chi connectivity index (χ4v) is 2.36. The number of amides is 1. The standard InChI is InChI=1S/C17H26N6O/c1-17(2,3)22-15(24)11-20-16(18-4)19-10-14-21-12-8-6-7-9-13(12)23(14)5/h6-9H,10-11H2,1-5H3,(H,22,24)(H2,18,19,20). The van der Waals surface area contributed by atoms with Gasteiger partial charge in [0.25, 0.3) is 0 Å². The van der Waals surface area contributed by atoms with Gasteiger partial charge in [-0.05, 0) is 32.9 Å². The van der Waals surface area contributed by atoms with Gasteiger partial charge in [0.05, 0.1) is 24.1 Å². The highest BCUT2D eigenvalue weighted by molar-refractivity contribution is 5.86. The van der Waals surface area contributed by atoms with Gasteiger partial charge in [-0.2, -0.15) is 0 Å². The number of para-hydroxylation sites is 2. The van der Waals surface area contributed by atoms with Crippen molar-refractivity contribution in [3.05, 3.63) is 30.1 Å². The minimum Gasteiger partial charge on any atom is -0.350 e. The van der Waals surface area contributed by atoms with Gasteiger partial charge in [0.2, 0.25) is 5.91 Å². The summed E-state index contributed by atoms with van der Waals surface area (Å²) in [6, 6.07) is 7.99. The average molecular weight is 330 g/mol.